The van der Waals surface area contributed by atoms with Crippen molar-refractivity contribution < 1.29 is 0 Å². The molecule has 0 aliphatic carbocycles. The van der Waals surface area contributed by atoms with Gasteiger partial charge in [0, 0.05) is 27.9 Å². The van der Waals surface area contributed by atoms with Crippen molar-refractivity contribution >= 4 is 39.1 Å². The number of nitrogens with one attached hydrogen (secondary N) is 1. The third kappa shape index (κ3) is 4.68. The Balaban J connectivity index is 2.27. The number of benzene rings is 1. The molecule has 2 aromatic rings. The number of rotatable bonds is 6. The normalized spacial score (nSPS) is 12.4. The molecule has 1 heterocycles. The number of aromatic nitrogens is 1. The SMILES string of the molecule is CCCNC(Cc1ccncc1Cl)c1ccc(Cl)cc1Br. The van der Waals surface area contributed by atoms with Crippen LogP contribution in [0.3, 0.4) is 0 Å². The van der Waals surface area contributed by atoms with E-state index in [2.05, 4.69) is 39.2 Å². The molecule has 0 amide bonds. The summed E-state index contributed by atoms with van der Waals surface area (Å²) < 4.78 is 1.01. The van der Waals surface area contributed by atoms with E-state index in [0.29, 0.717) is 5.02 Å². The summed E-state index contributed by atoms with van der Waals surface area (Å²) in [5, 5.41) is 4.99. The highest BCUT2D eigenvalue weighted by Crippen LogP contribution is 2.30. The third-order valence-electron chi connectivity index (χ3n) is 3.26. The lowest BCUT2D eigenvalue weighted by Crippen LogP contribution is -2.24. The van der Waals surface area contributed by atoms with Gasteiger partial charge in [-0.15, -0.1) is 0 Å². The molecule has 0 bridgehead atoms. The maximum atomic E-state index is 6.23. The summed E-state index contributed by atoms with van der Waals surface area (Å²) in [6.45, 7) is 3.10. The van der Waals surface area contributed by atoms with Crippen LogP contribution in [-0.4, -0.2) is 11.5 Å². The predicted molar refractivity (Wildman–Crippen MR) is 93.1 cm³/mol. The molecule has 1 N–H and O–H groups in total. The van der Waals surface area contributed by atoms with Gasteiger partial charge in [0.1, 0.15) is 0 Å². The molecule has 0 aliphatic heterocycles. The summed E-state index contributed by atoms with van der Waals surface area (Å²) in [6, 6.07) is 8.03. The fourth-order valence-corrected chi connectivity index (χ4v) is 3.34. The van der Waals surface area contributed by atoms with Gasteiger partial charge >= 0.3 is 0 Å². The van der Waals surface area contributed by atoms with E-state index in [4.69, 9.17) is 23.2 Å². The Bertz CT molecular complexity index is 605. The summed E-state index contributed by atoms with van der Waals surface area (Å²) in [4.78, 5) is 4.04. The fraction of sp³-hybridized carbons (Fsp3) is 0.312. The molecule has 0 spiro atoms. The van der Waals surface area contributed by atoms with Gasteiger partial charge in [-0.3, -0.25) is 4.98 Å². The van der Waals surface area contributed by atoms with E-state index in [9.17, 15) is 0 Å². The van der Waals surface area contributed by atoms with Crippen LogP contribution in [0.1, 0.15) is 30.5 Å². The van der Waals surface area contributed by atoms with Crippen LogP contribution in [0.25, 0.3) is 0 Å². The first-order valence-electron chi connectivity index (χ1n) is 6.88. The smallest absolute Gasteiger partial charge is 0.0622 e. The Morgan fingerprint density at radius 1 is 1.29 bits per heavy atom. The lowest BCUT2D eigenvalue weighted by Gasteiger charge is -2.21. The van der Waals surface area contributed by atoms with E-state index in [-0.39, 0.29) is 6.04 Å². The van der Waals surface area contributed by atoms with Crippen LogP contribution in [-0.2, 0) is 6.42 Å². The van der Waals surface area contributed by atoms with Gasteiger partial charge in [-0.1, -0.05) is 52.1 Å². The van der Waals surface area contributed by atoms with E-state index in [1.165, 1.54) is 5.56 Å². The van der Waals surface area contributed by atoms with Crippen LogP contribution in [0.15, 0.2) is 41.1 Å². The molecule has 0 radical (unpaired) electrons. The van der Waals surface area contributed by atoms with Crippen molar-refractivity contribution in [1.82, 2.24) is 10.3 Å². The summed E-state index contributed by atoms with van der Waals surface area (Å²) in [5.41, 5.74) is 2.27. The topological polar surface area (TPSA) is 24.9 Å². The molecule has 0 saturated carbocycles. The summed E-state index contributed by atoms with van der Waals surface area (Å²) in [6.07, 6.45) is 5.34. The van der Waals surface area contributed by atoms with Crippen LogP contribution in [0.5, 0.6) is 0 Å². The zero-order chi connectivity index (χ0) is 15.2. The third-order valence-corrected chi connectivity index (χ3v) is 4.52. The Morgan fingerprint density at radius 3 is 2.76 bits per heavy atom. The Hall–Kier alpha value is -0.610. The molecule has 0 aliphatic rings. The van der Waals surface area contributed by atoms with Crippen molar-refractivity contribution in [1.29, 1.82) is 0 Å². The summed E-state index contributed by atoms with van der Waals surface area (Å²) in [7, 11) is 0. The van der Waals surface area contributed by atoms with Gasteiger partial charge in [-0.25, -0.2) is 0 Å². The molecular formula is C16H17BrCl2N2. The first-order valence-corrected chi connectivity index (χ1v) is 8.43. The molecule has 1 unspecified atom stereocenters. The second-order valence-corrected chi connectivity index (χ2v) is 6.54. The molecule has 2 nitrogen and oxygen atoms in total. The van der Waals surface area contributed by atoms with Gasteiger partial charge in [0.25, 0.3) is 0 Å². The molecule has 21 heavy (non-hydrogen) atoms. The number of hydrogen-bond acceptors (Lipinski definition) is 2. The molecule has 2 rings (SSSR count). The minimum absolute atomic E-state index is 0.177. The zero-order valence-electron chi connectivity index (χ0n) is 11.7. The van der Waals surface area contributed by atoms with Crippen molar-refractivity contribution in [2.45, 2.75) is 25.8 Å². The molecule has 1 aromatic carbocycles. The number of pyridine rings is 1. The first-order chi connectivity index (χ1) is 10.1. The van der Waals surface area contributed by atoms with Gasteiger partial charge in [0.2, 0.25) is 0 Å². The average molecular weight is 388 g/mol. The van der Waals surface area contributed by atoms with Crippen molar-refractivity contribution in [3.05, 3.63) is 62.3 Å². The maximum absolute atomic E-state index is 6.23. The Labute approximate surface area is 144 Å². The van der Waals surface area contributed by atoms with Crippen LogP contribution in [0.2, 0.25) is 10.0 Å². The standard InChI is InChI=1S/C16H17BrCl2N2/c1-2-6-21-16(8-11-5-7-20-10-15(11)19)13-4-3-12(18)9-14(13)17/h3-5,7,9-10,16,21H,2,6,8H2,1H3. The van der Waals surface area contributed by atoms with E-state index in [0.717, 1.165) is 34.4 Å². The molecular weight excluding hydrogens is 371 g/mol. The van der Waals surface area contributed by atoms with E-state index >= 15 is 0 Å². The average Bonchev–Trinajstić information content (AvgIpc) is 2.46. The van der Waals surface area contributed by atoms with Gasteiger partial charge in [-0.05, 0) is 48.7 Å². The maximum Gasteiger partial charge on any atom is 0.0622 e. The quantitative estimate of drug-likeness (QED) is 0.714. The van der Waals surface area contributed by atoms with Gasteiger partial charge < -0.3 is 5.32 Å². The molecule has 0 fully saturated rings. The largest absolute Gasteiger partial charge is 0.310 e. The minimum atomic E-state index is 0.177. The Morgan fingerprint density at radius 2 is 2.10 bits per heavy atom. The van der Waals surface area contributed by atoms with E-state index < -0.39 is 0 Å². The monoisotopic (exact) mass is 386 g/mol. The molecule has 112 valence electrons. The lowest BCUT2D eigenvalue weighted by molar-refractivity contribution is 0.527. The zero-order valence-corrected chi connectivity index (χ0v) is 14.8. The minimum Gasteiger partial charge on any atom is -0.310 e. The Kier molecular flexibility index (Phi) is 6.49. The fourth-order valence-electron chi connectivity index (χ4n) is 2.18. The van der Waals surface area contributed by atoms with Gasteiger partial charge in [0.05, 0.1) is 5.02 Å². The predicted octanol–water partition coefficient (Wildman–Crippen LogP) is 5.43. The number of hydrogen-bond donors (Lipinski definition) is 1. The molecule has 1 aromatic heterocycles. The first kappa shape index (κ1) is 16.8. The molecule has 5 heteroatoms. The van der Waals surface area contributed by atoms with E-state index in [1.54, 1.807) is 12.4 Å². The summed E-state index contributed by atoms with van der Waals surface area (Å²) in [5.74, 6) is 0. The van der Waals surface area contributed by atoms with Crippen LogP contribution >= 0.6 is 39.1 Å². The highest BCUT2D eigenvalue weighted by atomic mass is 79.9. The van der Waals surface area contributed by atoms with Crippen LogP contribution in [0.4, 0.5) is 0 Å². The second-order valence-electron chi connectivity index (χ2n) is 4.84. The van der Waals surface area contributed by atoms with Gasteiger partial charge in [-0.2, -0.15) is 0 Å². The van der Waals surface area contributed by atoms with Crippen molar-refractivity contribution in [2.75, 3.05) is 6.54 Å². The molecule has 1 atom stereocenters. The highest BCUT2D eigenvalue weighted by molar-refractivity contribution is 9.10. The van der Waals surface area contributed by atoms with Crippen molar-refractivity contribution in [3.63, 3.8) is 0 Å². The van der Waals surface area contributed by atoms with Crippen LogP contribution in [0, 0.1) is 0 Å². The molecule has 0 saturated heterocycles. The second kappa shape index (κ2) is 8.14. The summed E-state index contributed by atoms with van der Waals surface area (Å²) >= 11 is 15.9. The number of nitrogens with zero attached hydrogens (tertiary/aromatic N) is 1. The number of halogens is 3. The van der Waals surface area contributed by atoms with Crippen molar-refractivity contribution in [2.24, 2.45) is 0 Å². The van der Waals surface area contributed by atoms with Gasteiger partial charge in [0.15, 0.2) is 0 Å². The van der Waals surface area contributed by atoms with Crippen LogP contribution < -0.4 is 5.32 Å². The van der Waals surface area contributed by atoms with E-state index in [1.807, 2.05) is 18.2 Å². The van der Waals surface area contributed by atoms with Crippen molar-refractivity contribution in [3.8, 4) is 0 Å². The lowest BCUT2D eigenvalue weighted by atomic mass is 9.99. The highest BCUT2D eigenvalue weighted by Gasteiger charge is 2.16.